The monoisotopic (exact) mass is 418 g/mol. The van der Waals surface area contributed by atoms with Crippen LogP contribution in [-0.4, -0.2) is 36.0 Å². The smallest absolute Gasteiger partial charge is 0.325 e. The molecule has 1 aromatic rings. The fraction of sp³-hybridized carbons (Fsp3) is 0.588. The molecule has 0 aliphatic carbocycles. The lowest BCUT2D eigenvalue weighted by Crippen LogP contribution is -2.44. The van der Waals surface area contributed by atoms with Gasteiger partial charge in [-0.25, -0.2) is 4.79 Å². The zero-order valence-corrected chi connectivity index (χ0v) is 15.6. The number of halogens is 7. The first kappa shape index (κ1) is 23.4. The third kappa shape index (κ3) is 5.67. The average molecular weight is 419 g/mol. The maximum absolute atomic E-state index is 13.0. The Morgan fingerprint density at radius 2 is 1.41 bits per heavy atom. The van der Waals surface area contributed by atoms with E-state index in [0.29, 0.717) is 25.2 Å². The van der Waals surface area contributed by atoms with E-state index in [9.17, 15) is 31.1 Å². The highest BCUT2D eigenvalue weighted by molar-refractivity contribution is 5.85. The summed E-state index contributed by atoms with van der Waals surface area (Å²) in [5, 5.41) is 0. The summed E-state index contributed by atoms with van der Waals surface area (Å²) in [5.41, 5.74) is -2.97. The molecular formula is C17H21ClF6N2O. The Morgan fingerprint density at radius 1 is 0.963 bits per heavy atom. The van der Waals surface area contributed by atoms with Gasteiger partial charge in [0.25, 0.3) is 0 Å². The number of benzene rings is 1. The Bertz CT molecular complexity index is 624. The van der Waals surface area contributed by atoms with E-state index >= 15 is 0 Å². The van der Waals surface area contributed by atoms with Gasteiger partial charge in [0.1, 0.15) is 0 Å². The number of hydrogen-bond donors (Lipinski definition) is 0. The average Bonchev–Trinajstić information content (AvgIpc) is 2.58. The van der Waals surface area contributed by atoms with Crippen LogP contribution >= 0.6 is 12.4 Å². The molecule has 1 saturated heterocycles. The quantitative estimate of drug-likeness (QED) is 0.561. The lowest BCUT2D eigenvalue weighted by molar-refractivity contribution is -0.143. The Kier molecular flexibility index (Phi) is 7.44. The van der Waals surface area contributed by atoms with E-state index in [-0.39, 0.29) is 24.0 Å². The molecular weight excluding hydrogens is 398 g/mol. The molecule has 0 aromatic heterocycles. The Balaban J connectivity index is 0.00000364. The van der Waals surface area contributed by atoms with Gasteiger partial charge in [0.15, 0.2) is 0 Å². The van der Waals surface area contributed by atoms with Crippen molar-refractivity contribution in [2.45, 2.75) is 44.6 Å². The van der Waals surface area contributed by atoms with Gasteiger partial charge in [0, 0.05) is 20.1 Å². The number of alkyl halides is 6. The van der Waals surface area contributed by atoms with Crippen LogP contribution in [0.3, 0.4) is 0 Å². The molecule has 0 bridgehead atoms. The number of piperidine rings is 1. The SMILES string of the molecule is C[C@H](c1cc(C(F)(F)F)cc(C(F)(F)F)c1)N(C)C(=O)N1CCCCC1.Cl. The number of hydrogen-bond acceptors (Lipinski definition) is 1. The van der Waals surface area contributed by atoms with Crippen molar-refractivity contribution < 1.29 is 31.1 Å². The van der Waals surface area contributed by atoms with Crippen molar-refractivity contribution in [1.82, 2.24) is 9.80 Å². The van der Waals surface area contributed by atoms with Gasteiger partial charge in [0.2, 0.25) is 0 Å². The lowest BCUT2D eigenvalue weighted by Gasteiger charge is -2.34. The first-order chi connectivity index (χ1) is 11.9. The molecule has 0 radical (unpaired) electrons. The molecule has 0 spiro atoms. The van der Waals surface area contributed by atoms with Crippen molar-refractivity contribution in [3.8, 4) is 0 Å². The summed E-state index contributed by atoms with van der Waals surface area (Å²) in [7, 11) is 1.38. The molecule has 1 aliphatic heterocycles. The molecule has 0 N–H and O–H groups in total. The molecule has 2 amide bonds. The van der Waals surface area contributed by atoms with Crippen molar-refractivity contribution in [1.29, 1.82) is 0 Å². The van der Waals surface area contributed by atoms with Crippen LogP contribution in [0.4, 0.5) is 31.1 Å². The zero-order valence-electron chi connectivity index (χ0n) is 14.8. The second-order valence-electron chi connectivity index (χ2n) is 6.46. The summed E-state index contributed by atoms with van der Waals surface area (Å²) in [6.45, 7) is 2.48. The van der Waals surface area contributed by atoms with E-state index in [0.717, 1.165) is 19.3 Å². The van der Waals surface area contributed by atoms with Gasteiger partial charge in [-0.2, -0.15) is 26.3 Å². The Morgan fingerprint density at radius 3 is 1.81 bits per heavy atom. The number of amides is 2. The second kappa shape index (κ2) is 8.58. The first-order valence-electron chi connectivity index (χ1n) is 8.22. The first-order valence-corrected chi connectivity index (χ1v) is 8.22. The fourth-order valence-corrected chi connectivity index (χ4v) is 2.92. The Labute approximate surface area is 159 Å². The van der Waals surface area contributed by atoms with Crippen LogP contribution in [0, 0.1) is 0 Å². The van der Waals surface area contributed by atoms with E-state index < -0.39 is 35.6 Å². The van der Waals surface area contributed by atoms with Gasteiger partial charge in [-0.3, -0.25) is 0 Å². The fourth-order valence-electron chi connectivity index (χ4n) is 2.92. The van der Waals surface area contributed by atoms with Crippen molar-refractivity contribution in [3.63, 3.8) is 0 Å². The molecule has 1 atom stereocenters. The molecule has 10 heteroatoms. The van der Waals surface area contributed by atoms with Gasteiger partial charge >= 0.3 is 18.4 Å². The molecule has 1 fully saturated rings. The summed E-state index contributed by atoms with van der Waals surface area (Å²) in [6, 6.07) is 0.0821. The molecule has 154 valence electrons. The number of likely N-dealkylation sites (tertiary alicyclic amines) is 1. The molecule has 0 unspecified atom stereocenters. The third-order valence-electron chi connectivity index (χ3n) is 4.60. The predicted molar refractivity (Wildman–Crippen MR) is 90.7 cm³/mol. The number of carbonyl (C=O) groups is 1. The largest absolute Gasteiger partial charge is 0.416 e. The molecule has 1 heterocycles. The summed E-state index contributed by atoms with van der Waals surface area (Å²) in [4.78, 5) is 15.2. The summed E-state index contributed by atoms with van der Waals surface area (Å²) in [6.07, 6.45) is -7.17. The molecule has 2 rings (SSSR count). The van der Waals surface area contributed by atoms with E-state index in [1.54, 1.807) is 4.90 Å². The van der Waals surface area contributed by atoms with Crippen LogP contribution in [0.5, 0.6) is 0 Å². The van der Waals surface area contributed by atoms with Gasteiger partial charge in [-0.1, -0.05) is 0 Å². The molecule has 1 aromatic carbocycles. The van der Waals surface area contributed by atoms with E-state index in [1.807, 2.05) is 0 Å². The minimum Gasteiger partial charge on any atom is -0.325 e. The van der Waals surface area contributed by atoms with Crippen LogP contribution in [0.1, 0.15) is 48.9 Å². The second-order valence-corrected chi connectivity index (χ2v) is 6.46. The van der Waals surface area contributed by atoms with Crippen LogP contribution in [0.15, 0.2) is 18.2 Å². The van der Waals surface area contributed by atoms with Gasteiger partial charge < -0.3 is 9.80 Å². The van der Waals surface area contributed by atoms with Crippen molar-refractivity contribution in [3.05, 3.63) is 34.9 Å². The van der Waals surface area contributed by atoms with E-state index in [1.165, 1.54) is 18.9 Å². The molecule has 1 aliphatic rings. The van der Waals surface area contributed by atoms with Gasteiger partial charge in [-0.05, 0) is 49.9 Å². The highest BCUT2D eigenvalue weighted by atomic mass is 35.5. The predicted octanol–water partition coefficient (Wildman–Crippen LogP) is 5.74. The van der Waals surface area contributed by atoms with Crippen molar-refractivity contribution in [2.24, 2.45) is 0 Å². The number of urea groups is 1. The summed E-state index contributed by atoms with van der Waals surface area (Å²) >= 11 is 0. The van der Waals surface area contributed by atoms with Crippen LogP contribution in [-0.2, 0) is 12.4 Å². The number of nitrogens with zero attached hydrogens (tertiary/aromatic N) is 2. The third-order valence-corrected chi connectivity index (χ3v) is 4.60. The maximum atomic E-state index is 13.0. The summed E-state index contributed by atoms with van der Waals surface area (Å²) in [5.74, 6) is 0. The van der Waals surface area contributed by atoms with E-state index in [2.05, 4.69) is 0 Å². The van der Waals surface area contributed by atoms with Crippen molar-refractivity contribution in [2.75, 3.05) is 20.1 Å². The normalized spacial score (nSPS) is 16.5. The van der Waals surface area contributed by atoms with Crippen LogP contribution in [0.2, 0.25) is 0 Å². The van der Waals surface area contributed by atoms with E-state index in [4.69, 9.17) is 0 Å². The van der Waals surface area contributed by atoms with Gasteiger partial charge in [0.05, 0.1) is 17.2 Å². The standard InChI is InChI=1S/C17H20F6N2O.ClH/c1-11(24(2)15(26)25-6-4-3-5-7-25)12-8-13(16(18,19)20)10-14(9-12)17(21,22)23;/h8-11H,3-7H2,1-2H3;1H/t11-;/m1./s1. The number of rotatable bonds is 2. The maximum Gasteiger partial charge on any atom is 0.416 e. The molecule has 0 saturated carbocycles. The van der Waals surface area contributed by atoms with Crippen molar-refractivity contribution >= 4 is 18.4 Å². The molecule has 3 nitrogen and oxygen atoms in total. The highest BCUT2D eigenvalue weighted by Gasteiger charge is 2.38. The zero-order chi connectivity index (χ0) is 19.7. The van der Waals surface area contributed by atoms with Crippen LogP contribution < -0.4 is 0 Å². The summed E-state index contributed by atoms with van der Waals surface area (Å²) < 4.78 is 78.0. The Hall–Kier alpha value is -1.64. The van der Waals surface area contributed by atoms with Crippen LogP contribution in [0.25, 0.3) is 0 Å². The van der Waals surface area contributed by atoms with Gasteiger partial charge in [-0.15, -0.1) is 12.4 Å². The topological polar surface area (TPSA) is 23.6 Å². The molecule has 27 heavy (non-hydrogen) atoms. The lowest BCUT2D eigenvalue weighted by atomic mass is 9.99. The number of carbonyl (C=O) groups excluding carboxylic acids is 1. The minimum absolute atomic E-state index is 0. The minimum atomic E-state index is -4.91. The highest BCUT2D eigenvalue weighted by Crippen LogP contribution is 2.38.